The summed E-state index contributed by atoms with van der Waals surface area (Å²) in [5, 5.41) is 58.7. The number of benzene rings is 1. The average Bonchev–Trinajstić information content (AvgIpc) is 3.38. The van der Waals surface area contributed by atoms with Crippen molar-refractivity contribution in [3.63, 3.8) is 0 Å². The zero-order valence-corrected chi connectivity index (χ0v) is 23.1. The Morgan fingerprint density at radius 3 is 2.28 bits per heavy atom. The normalized spacial score (nSPS) is 36.1. The molecule has 0 aromatic heterocycles. The van der Waals surface area contributed by atoms with Gasteiger partial charge in [-0.05, 0) is 49.2 Å². The first-order valence-electron chi connectivity index (χ1n) is 13.5. The largest absolute Gasteiger partial charge is 0.511 e. The van der Waals surface area contributed by atoms with Crippen LogP contribution in [0, 0.1) is 22.7 Å². The van der Waals surface area contributed by atoms with E-state index in [9.17, 15) is 39.9 Å². The number of hydrogen-bond acceptors (Lipinski definition) is 8. The second kappa shape index (κ2) is 8.38. The molecule has 8 heteroatoms. The number of aliphatic hydroxyl groups is 4. The van der Waals surface area contributed by atoms with Gasteiger partial charge in [0.25, 0.3) is 0 Å². The second-order valence-corrected chi connectivity index (χ2v) is 12.4. The third kappa shape index (κ3) is 2.99. The van der Waals surface area contributed by atoms with Crippen LogP contribution >= 0.6 is 0 Å². The van der Waals surface area contributed by atoms with Gasteiger partial charge in [-0.15, -0.1) is 0 Å². The molecule has 6 atom stereocenters. The Bertz CT molecular complexity index is 1440. The number of phenols is 1. The van der Waals surface area contributed by atoms with Gasteiger partial charge in [-0.2, -0.15) is 0 Å². The summed E-state index contributed by atoms with van der Waals surface area (Å²) < 4.78 is 0. The van der Waals surface area contributed by atoms with E-state index >= 15 is 0 Å². The summed E-state index contributed by atoms with van der Waals surface area (Å²) in [6.07, 6.45) is 2.91. The van der Waals surface area contributed by atoms with E-state index in [4.69, 9.17) is 0 Å². The van der Waals surface area contributed by atoms with E-state index in [-0.39, 0.29) is 16.9 Å². The molecule has 0 spiro atoms. The molecule has 0 bridgehead atoms. The molecule has 1 aromatic carbocycles. The fraction of sp³-hybridized carbons (Fsp3) is 0.516. The molecule has 0 fully saturated rings. The van der Waals surface area contributed by atoms with Crippen molar-refractivity contribution in [3.8, 4) is 5.75 Å². The standard InChI is InChI=1S/C31H36O8/c1-13(2)21-24(34)19(15(4)32)26(36)31(39)27(37)22-25(35)20-17(14(3)29(22,5)28(38)30(21,31)6)11-12-18(23(20)33)16-9-7-8-10-16/h9,11-14,21,28,33-34,37-39H,7-8,10H2,1-6H3/t14-,21?,28-,29+,30+,31+/m1/s1. The summed E-state index contributed by atoms with van der Waals surface area (Å²) in [5.74, 6) is -6.85. The van der Waals surface area contributed by atoms with Gasteiger partial charge >= 0.3 is 0 Å². The van der Waals surface area contributed by atoms with E-state index in [1.165, 1.54) is 6.92 Å². The molecule has 0 radical (unpaired) electrons. The van der Waals surface area contributed by atoms with Gasteiger partial charge in [-0.3, -0.25) is 14.4 Å². The van der Waals surface area contributed by atoms with Crippen molar-refractivity contribution in [2.75, 3.05) is 0 Å². The van der Waals surface area contributed by atoms with Crippen molar-refractivity contribution < 1.29 is 39.9 Å². The maximum Gasteiger partial charge on any atom is 0.209 e. The number of rotatable bonds is 3. The highest BCUT2D eigenvalue weighted by Gasteiger charge is 2.76. The van der Waals surface area contributed by atoms with Crippen LogP contribution in [0.3, 0.4) is 0 Å². The van der Waals surface area contributed by atoms with Gasteiger partial charge in [-0.1, -0.05) is 52.8 Å². The Hall–Kier alpha value is -3.23. The number of fused-ring (bicyclic) bond motifs is 3. The highest BCUT2D eigenvalue weighted by Crippen LogP contribution is 2.67. The Morgan fingerprint density at radius 2 is 1.74 bits per heavy atom. The lowest BCUT2D eigenvalue weighted by molar-refractivity contribution is -0.211. The maximum atomic E-state index is 14.2. The summed E-state index contributed by atoms with van der Waals surface area (Å²) >= 11 is 0. The summed E-state index contributed by atoms with van der Waals surface area (Å²) in [6.45, 7) is 9.26. The number of Topliss-reactive ketones (excluding diaryl/α,β-unsaturated/α-hetero) is 3. The topological polar surface area (TPSA) is 152 Å². The van der Waals surface area contributed by atoms with Crippen LogP contribution in [0.25, 0.3) is 5.57 Å². The molecule has 0 amide bonds. The van der Waals surface area contributed by atoms with Crippen molar-refractivity contribution in [2.45, 2.75) is 78.4 Å². The van der Waals surface area contributed by atoms with Crippen molar-refractivity contribution in [1.29, 1.82) is 0 Å². The number of phenolic OH excluding ortho intramolecular Hbond substituents is 1. The van der Waals surface area contributed by atoms with E-state index in [0.29, 0.717) is 11.1 Å². The second-order valence-electron chi connectivity index (χ2n) is 12.4. The average molecular weight is 537 g/mol. The molecule has 5 N–H and O–H groups in total. The SMILES string of the molecule is CC(=O)C1=C(O)C(C(C)C)[C@@]2(C)[C@H](O)[C@]3(C)C(=C(O)[C@@]2(O)C1=O)C(=O)c1c(ccc(C2=CCCC2)c1O)[C@H]3C. The number of allylic oxidation sites excluding steroid dienone is 3. The minimum absolute atomic E-state index is 0.0416. The van der Waals surface area contributed by atoms with Gasteiger partial charge in [0.05, 0.1) is 17.2 Å². The van der Waals surface area contributed by atoms with Crippen LogP contribution in [0.4, 0.5) is 0 Å². The lowest BCUT2D eigenvalue weighted by Gasteiger charge is -2.63. The summed E-state index contributed by atoms with van der Waals surface area (Å²) in [4.78, 5) is 40.5. The van der Waals surface area contributed by atoms with Gasteiger partial charge < -0.3 is 25.5 Å². The predicted octanol–water partition coefficient (Wildman–Crippen LogP) is 4.45. The van der Waals surface area contributed by atoms with E-state index in [1.807, 2.05) is 6.08 Å². The van der Waals surface area contributed by atoms with Crippen molar-refractivity contribution in [3.05, 3.63) is 57.6 Å². The first kappa shape index (κ1) is 27.3. The summed E-state index contributed by atoms with van der Waals surface area (Å²) in [6, 6.07) is 3.51. The molecular formula is C31H36O8. The highest BCUT2D eigenvalue weighted by atomic mass is 16.4. The Kier molecular flexibility index (Phi) is 5.88. The lowest BCUT2D eigenvalue weighted by Crippen LogP contribution is -2.73. The van der Waals surface area contributed by atoms with Crippen LogP contribution in [0.5, 0.6) is 5.75 Å². The number of hydrogen-bond donors (Lipinski definition) is 5. The van der Waals surface area contributed by atoms with Crippen molar-refractivity contribution in [1.82, 2.24) is 0 Å². The minimum Gasteiger partial charge on any atom is -0.511 e. The lowest BCUT2D eigenvalue weighted by atomic mass is 9.41. The molecule has 1 unspecified atom stereocenters. The van der Waals surface area contributed by atoms with Crippen LogP contribution in [0.15, 0.2) is 40.9 Å². The van der Waals surface area contributed by atoms with Crippen LogP contribution in [-0.4, -0.2) is 54.6 Å². The molecule has 1 aromatic rings. The number of aliphatic hydroxyl groups excluding tert-OH is 3. The summed E-state index contributed by atoms with van der Waals surface area (Å²) in [7, 11) is 0. The molecule has 208 valence electrons. The smallest absolute Gasteiger partial charge is 0.209 e. The summed E-state index contributed by atoms with van der Waals surface area (Å²) in [5.41, 5.74) is -5.49. The predicted molar refractivity (Wildman–Crippen MR) is 143 cm³/mol. The fourth-order valence-corrected chi connectivity index (χ4v) is 8.12. The molecule has 4 aliphatic carbocycles. The number of aromatic hydroxyl groups is 1. The first-order valence-corrected chi connectivity index (χ1v) is 13.5. The molecule has 0 saturated carbocycles. The fourth-order valence-electron chi connectivity index (χ4n) is 8.12. The molecule has 8 nitrogen and oxygen atoms in total. The Balaban J connectivity index is 1.86. The minimum atomic E-state index is -2.88. The molecule has 0 aliphatic heterocycles. The first-order chi connectivity index (χ1) is 18.1. The van der Waals surface area contributed by atoms with Gasteiger partial charge in [0.1, 0.15) is 22.8 Å². The zero-order chi connectivity index (χ0) is 29.0. The van der Waals surface area contributed by atoms with Crippen molar-refractivity contribution >= 4 is 22.9 Å². The van der Waals surface area contributed by atoms with E-state index in [2.05, 4.69) is 0 Å². The molecular weight excluding hydrogens is 500 g/mol. The highest BCUT2D eigenvalue weighted by molar-refractivity contribution is 6.25. The Labute approximate surface area is 227 Å². The Morgan fingerprint density at radius 1 is 1.10 bits per heavy atom. The molecule has 5 rings (SSSR count). The van der Waals surface area contributed by atoms with Crippen molar-refractivity contribution in [2.24, 2.45) is 22.7 Å². The van der Waals surface area contributed by atoms with E-state index in [1.54, 1.807) is 39.8 Å². The molecule has 4 aliphatic rings. The molecule has 0 heterocycles. The van der Waals surface area contributed by atoms with Crippen LogP contribution in [0.1, 0.15) is 88.2 Å². The van der Waals surface area contributed by atoms with Gasteiger partial charge in [0, 0.05) is 22.3 Å². The zero-order valence-electron chi connectivity index (χ0n) is 23.1. The third-order valence-electron chi connectivity index (χ3n) is 10.2. The van der Waals surface area contributed by atoms with Gasteiger partial charge in [0.2, 0.25) is 5.78 Å². The number of carbonyl (C=O) groups excluding carboxylic acids is 3. The van der Waals surface area contributed by atoms with Crippen LogP contribution in [-0.2, 0) is 9.59 Å². The third-order valence-corrected chi connectivity index (χ3v) is 10.2. The van der Waals surface area contributed by atoms with E-state index in [0.717, 1.165) is 31.8 Å². The molecule has 0 saturated heterocycles. The number of carbonyl (C=O) groups is 3. The van der Waals surface area contributed by atoms with Gasteiger partial charge in [-0.25, -0.2) is 0 Å². The maximum absolute atomic E-state index is 14.2. The number of ketones is 3. The molecule has 39 heavy (non-hydrogen) atoms. The van der Waals surface area contributed by atoms with Crippen LogP contribution in [0.2, 0.25) is 0 Å². The quantitative estimate of drug-likeness (QED) is 0.355. The monoisotopic (exact) mass is 536 g/mol. The van der Waals surface area contributed by atoms with Gasteiger partial charge in [0.15, 0.2) is 17.2 Å². The van der Waals surface area contributed by atoms with E-state index < -0.39 is 74.7 Å². The van der Waals surface area contributed by atoms with Crippen LogP contribution < -0.4 is 0 Å².